The molecule has 1 aromatic rings. The molecule has 2 heterocycles. The van der Waals surface area contributed by atoms with Crippen molar-refractivity contribution in [2.24, 2.45) is 5.92 Å². The minimum atomic E-state index is -3.74. The molecule has 2 aliphatic heterocycles. The number of halogens is 1. The molecule has 1 N–H and O–H groups in total. The summed E-state index contributed by atoms with van der Waals surface area (Å²) in [4.78, 5) is 12.3. The fourth-order valence-electron chi connectivity index (χ4n) is 3.46. The van der Waals surface area contributed by atoms with Crippen molar-refractivity contribution in [3.63, 3.8) is 0 Å². The zero-order valence-electron chi connectivity index (χ0n) is 14.9. The van der Waals surface area contributed by atoms with E-state index in [0.29, 0.717) is 26.2 Å². The second-order valence-corrected chi connectivity index (χ2v) is 9.04. The van der Waals surface area contributed by atoms with E-state index in [1.807, 2.05) is 6.92 Å². The lowest BCUT2D eigenvalue weighted by Crippen LogP contribution is -2.39. The Labute approximate surface area is 153 Å². The quantitative estimate of drug-likeness (QED) is 0.844. The Morgan fingerprint density at radius 1 is 1.35 bits per heavy atom. The van der Waals surface area contributed by atoms with E-state index < -0.39 is 21.7 Å². The highest BCUT2D eigenvalue weighted by molar-refractivity contribution is 7.89. The lowest BCUT2D eigenvalue weighted by Gasteiger charge is -2.30. The van der Waals surface area contributed by atoms with Gasteiger partial charge in [-0.15, -0.1) is 0 Å². The number of hydrogen-bond acceptors (Lipinski definition) is 4. The number of benzene rings is 1. The largest absolute Gasteiger partial charge is 0.376 e. The molecule has 1 aromatic carbocycles. The van der Waals surface area contributed by atoms with Crippen LogP contribution in [0.25, 0.3) is 0 Å². The van der Waals surface area contributed by atoms with Crippen LogP contribution in [-0.4, -0.2) is 51.0 Å². The van der Waals surface area contributed by atoms with Crippen LogP contribution in [0.15, 0.2) is 23.1 Å². The number of ether oxygens (including phenoxy) is 1. The van der Waals surface area contributed by atoms with Gasteiger partial charge in [-0.2, -0.15) is 4.31 Å². The summed E-state index contributed by atoms with van der Waals surface area (Å²) in [5.74, 6) is -1.07. The third-order valence-electron chi connectivity index (χ3n) is 4.95. The SMILES string of the molecule is CC1CCCN(S(=O)(=O)c2ccc(F)c(C(=O)NCC3CCCO3)c2)C1. The summed E-state index contributed by atoms with van der Waals surface area (Å²) in [6, 6.07) is 3.40. The summed E-state index contributed by atoms with van der Waals surface area (Å²) in [6.07, 6.45) is 3.52. The second-order valence-electron chi connectivity index (χ2n) is 7.10. The van der Waals surface area contributed by atoms with E-state index in [1.165, 1.54) is 10.4 Å². The van der Waals surface area contributed by atoms with Gasteiger partial charge in [0.05, 0.1) is 16.6 Å². The number of piperidine rings is 1. The number of nitrogens with zero attached hydrogens (tertiary/aromatic N) is 1. The van der Waals surface area contributed by atoms with Gasteiger partial charge in [-0.25, -0.2) is 12.8 Å². The van der Waals surface area contributed by atoms with Crippen molar-refractivity contribution in [2.45, 2.75) is 43.6 Å². The first kappa shape index (κ1) is 19.3. The monoisotopic (exact) mass is 384 g/mol. The normalized spacial score (nSPS) is 24.5. The molecule has 0 aromatic heterocycles. The number of carbonyl (C=O) groups excluding carboxylic acids is 1. The molecule has 1 amide bonds. The van der Waals surface area contributed by atoms with Gasteiger partial charge < -0.3 is 10.1 Å². The van der Waals surface area contributed by atoms with Crippen molar-refractivity contribution in [3.05, 3.63) is 29.6 Å². The van der Waals surface area contributed by atoms with E-state index in [9.17, 15) is 17.6 Å². The van der Waals surface area contributed by atoms with Crippen LogP contribution < -0.4 is 5.32 Å². The zero-order chi connectivity index (χ0) is 18.7. The Morgan fingerprint density at radius 2 is 2.15 bits per heavy atom. The molecule has 2 fully saturated rings. The predicted octanol–water partition coefficient (Wildman–Crippen LogP) is 2.16. The van der Waals surface area contributed by atoms with E-state index in [1.54, 1.807) is 0 Å². The Balaban J connectivity index is 1.76. The summed E-state index contributed by atoms with van der Waals surface area (Å²) in [5, 5.41) is 2.63. The summed E-state index contributed by atoms with van der Waals surface area (Å²) in [7, 11) is -3.74. The van der Waals surface area contributed by atoms with Gasteiger partial charge in [0.1, 0.15) is 5.82 Å². The van der Waals surface area contributed by atoms with Crippen molar-refractivity contribution in [1.29, 1.82) is 0 Å². The highest BCUT2D eigenvalue weighted by Gasteiger charge is 2.30. The van der Waals surface area contributed by atoms with Gasteiger partial charge >= 0.3 is 0 Å². The van der Waals surface area contributed by atoms with E-state index in [0.717, 1.165) is 37.8 Å². The number of carbonyl (C=O) groups is 1. The van der Waals surface area contributed by atoms with Crippen LogP contribution in [-0.2, 0) is 14.8 Å². The Hall–Kier alpha value is -1.51. The molecule has 2 unspecified atom stereocenters. The molecule has 8 heteroatoms. The van der Waals surface area contributed by atoms with E-state index in [-0.39, 0.29) is 22.5 Å². The molecule has 6 nitrogen and oxygen atoms in total. The standard InChI is InChI=1S/C18H25FN2O4S/c1-13-4-2-8-21(12-13)26(23,24)15-6-7-17(19)16(10-15)18(22)20-11-14-5-3-9-25-14/h6-7,10,13-14H,2-5,8-9,11-12H2,1H3,(H,20,22). The van der Waals surface area contributed by atoms with Crippen LogP contribution in [0.2, 0.25) is 0 Å². The molecule has 2 aliphatic rings. The minimum Gasteiger partial charge on any atom is -0.376 e. The second kappa shape index (κ2) is 8.02. The van der Waals surface area contributed by atoms with Gasteiger partial charge in [0, 0.05) is 26.2 Å². The third-order valence-corrected chi connectivity index (χ3v) is 6.82. The molecule has 26 heavy (non-hydrogen) atoms. The highest BCUT2D eigenvalue weighted by Crippen LogP contribution is 2.25. The molecular formula is C18H25FN2O4S. The zero-order valence-corrected chi connectivity index (χ0v) is 15.7. The van der Waals surface area contributed by atoms with Crippen molar-refractivity contribution in [3.8, 4) is 0 Å². The van der Waals surface area contributed by atoms with Crippen molar-refractivity contribution >= 4 is 15.9 Å². The average Bonchev–Trinajstić information content (AvgIpc) is 3.13. The molecule has 2 atom stereocenters. The Kier molecular flexibility index (Phi) is 5.94. The van der Waals surface area contributed by atoms with Gasteiger partial charge in [0.15, 0.2) is 0 Å². The first-order valence-corrected chi connectivity index (χ1v) is 10.5. The Morgan fingerprint density at radius 3 is 2.85 bits per heavy atom. The maximum Gasteiger partial charge on any atom is 0.254 e. The lowest BCUT2D eigenvalue weighted by atomic mass is 10.0. The van der Waals surface area contributed by atoms with E-state index >= 15 is 0 Å². The summed E-state index contributed by atoms with van der Waals surface area (Å²) in [6.45, 7) is 3.86. The van der Waals surface area contributed by atoms with Gasteiger partial charge in [-0.05, 0) is 49.8 Å². The molecule has 0 saturated carbocycles. The molecule has 144 valence electrons. The van der Waals surface area contributed by atoms with E-state index in [4.69, 9.17) is 4.74 Å². The fraction of sp³-hybridized carbons (Fsp3) is 0.611. The van der Waals surface area contributed by atoms with Crippen molar-refractivity contribution < 1.29 is 22.3 Å². The molecular weight excluding hydrogens is 359 g/mol. The number of amides is 1. The van der Waals surface area contributed by atoms with Gasteiger partial charge in [-0.1, -0.05) is 6.92 Å². The van der Waals surface area contributed by atoms with Crippen LogP contribution in [0.1, 0.15) is 43.0 Å². The van der Waals surface area contributed by atoms with Crippen LogP contribution in [0, 0.1) is 11.7 Å². The smallest absolute Gasteiger partial charge is 0.254 e. The molecule has 3 rings (SSSR count). The number of nitrogens with one attached hydrogen (secondary N) is 1. The number of rotatable bonds is 5. The van der Waals surface area contributed by atoms with Crippen LogP contribution in [0.3, 0.4) is 0 Å². The summed E-state index contributed by atoms with van der Waals surface area (Å²) in [5.41, 5.74) is -0.255. The molecule has 0 radical (unpaired) electrons. The van der Waals surface area contributed by atoms with Crippen LogP contribution in [0.4, 0.5) is 4.39 Å². The summed E-state index contributed by atoms with van der Waals surface area (Å²) < 4.78 is 46.6. The van der Waals surface area contributed by atoms with Crippen molar-refractivity contribution in [2.75, 3.05) is 26.2 Å². The Bertz CT molecular complexity index is 762. The maximum absolute atomic E-state index is 14.1. The predicted molar refractivity (Wildman–Crippen MR) is 94.9 cm³/mol. The number of sulfonamides is 1. The highest BCUT2D eigenvalue weighted by atomic mass is 32.2. The molecule has 2 saturated heterocycles. The van der Waals surface area contributed by atoms with Crippen molar-refractivity contribution in [1.82, 2.24) is 9.62 Å². The summed E-state index contributed by atoms with van der Waals surface area (Å²) >= 11 is 0. The fourth-order valence-corrected chi connectivity index (χ4v) is 5.08. The number of hydrogen-bond donors (Lipinski definition) is 1. The molecule has 0 aliphatic carbocycles. The van der Waals surface area contributed by atoms with Gasteiger partial charge in [-0.3, -0.25) is 4.79 Å². The topological polar surface area (TPSA) is 75.7 Å². The third kappa shape index (κ3) is 4.24. The average molecular weight is 384 g/mol. The lowest BCUT2D eigenvalue weighted by molar-refractivity contribution is 0.0854. The van der Waals surface area contributed by atoms with Crippen LogP contribution >= 0.6 is 0 Å². The maximum atomic E-state index is 14.1. The minimum absolute atomic E-state index is 0.0460. The van der Waals surface area contributed by atoms with Gasteiger partial charge in [0.2, 0.25) is 10.0 Å². The van der Waals surface area contributed by atoms with E-state index in [2.05, 4.69) is 5.32 Å². The molecule has 0 spiro atoms. The van der Waals surface area contributed by atoms with Gasteiger partial charge in [0.25, 0.3) is 5.91 Å². The first-order chi connectivity index (χ1) is 12.4. The van der Waals surface area contributed by atoms with Crippen LogP contribution in [0.5, 0.6) is 0 Å². The first-order valence-electron chi connectivity index (χ1n) is 9.07. The molecule has 0 bridgehead atoms.